The van der Waals surface area contributed by atoms with Crippen molar-refractivity contribution in [3.63, 3.8) is 0 Å². The first-order valence-electron chi connectivity index (χ1n) is 9.50. The summed E-state index contributed by atoms with van der Waals surface area (Å²) in [6.45, 7) is 6.37. The molecule has 1 saturated carbocycles. The zero-order chi connectivity index (χ0) is 18.0. The van der Waals surface area contributed by atoms with E-state index < -0.39 is 5.60 Å². The molecular weight excluding hydrogens is 334 g/mol. The number of hydrogen-bond donors (Lipinski definition) is 3. The van der Waals surface area contributed by atoms with Crippen LogP contribution < -0.4 is 10.6 Å². The van der Waals surface area contributed by atoms with Crippen molar-refractivity contribution in [3.05, 3.63) is 22.4 Å². The Kier molecular flexibility index (Phi) is 8.72. The third kappa shape index (κ3) is 7.34. The number of thiophene rings is 1. The molecular formula is C19H33N3O2S. The number of aliphatic hydroxyl groups is 1. The Balaban J connectivity index is 1.75. The summed E-state index contributed by atoms with van der Waals surface area (Å²) < 4.78 is 6.00. The summed E-state index contributed by atoms with van der Waals surface area (Å²) in [4.78, 5) is 4.53. The molecule has 1 aliphatic rings. The quantitative estimate of drug-likeness (QED) is 0.286. The van der Waals surface area contributed by atoms with Crippen LogP contribution in [0.3, 0.4) is 0 Å². The number of rotatable bonds is 8. The SMILES string of the molecule is CCNC(=NCC(C)(O)c1ccsc1)NCCOC1CCCCCC1. The predicted octanol–water partition coefficient (Wildman–Crippen LogP) is 3.25. The standard InChI is InChI=1S/C19H33N3O2S/c1-3-20-18(22-15-19(2,23)16-10-13-25-14-16)21-11-12-24-17-8-6-4-5-7-9-17/h10,13-14,17,23H,3-9,11-12,15H2,1-2H3,(H2,20,21,22). The molecule has 0 aliphatic heterocycles. The van der Waals surface area contributed by atoms with E-state index in [1.807, 2.05) is 23.8 Å². The van der Waals surface area contributed by atoms with E-state index >= 15 is 0 Å². The number of guanidine groups is 1. The maximum atomic E-state index is 10.6. The van der Waals surface area contributed by atoms with Gasteiger partial charge < -0.3 is 20.5 Å². The number of nitrogens with one attached hydrogen (secondary N) is 2. The molecule has 0 radical (unpaired) electrons. The molecule has 1 heterocycles. The minimum absolute atomic E-state index is 0.322. The summed E-state index contributed by atoms with van der Waals surface area (Å²) >= 11 is 1.59. The van der Waals surface area contributed by atoms with Gasteiger partial charge in [-0.05, 0) is 49.1 Å². The van der Waals surface area contributed by atoms with Crippen LogP contribution in [0, 0.1) is 0 Å². The number of aliphatic imine (C=N–C) groups is 1. The molecule has 1 unspecified atom stereocenters. The van der Waals surface area contributed by atoms with E-state index in [0.29, 0.717) is 19.3 Å². The summed E-state index contributed by atoms with van der Waals surface area (Å²) in [5.74, 6) is 0.725. The third-order valence-corrected chi connectivity index (χ3v) is 5.27. The second-order valence-electron chi connectivity index (χ2n) is 6.89. The predicted molar refractivity (Wildman–Crippen MR) is 105 cm³/mol. The molecule has 1 aromatic rings. The molecule has 1 atom stereocenters. The number of nitrogens with zero attached hydrogens (tertiary/aromatic N) is 1. The van der Waals surface area contributed by atoms with Gasteiger partial charge in [-0.2, -0.15) is 11.3 Å². The fourth-order valence-corrected chi connectivity index (χ4v) is 3.82. The van der Waals surface area contributed by atoms with E-state index in [-0.39, 0.29) is 0 Å². The first kappa shape index (κ1) is 20.2. The molecule has 0 spiro atoms. The van der Waals surface area contributed by atoms with Crippen LogP contribution in [0.15, 0.2) is 21.8 Å². The Morgan fingerprint density at radius 2 is 2.08 bits per heavy atom. The third-order valence-electron chi connectivity index (χ3n) is 4.58. The summed E-state index contributed by atoms with van der Waals surface area (Å²) in [5, 5.41) is 21.0. The molecule has 142 valence electrons. The molecule has 3 N–H and O–H groups in total. The van der Waals surface area contributed by atoms with Crippen LogP contribution in [-0.2, 0) is 10.3 Å². The zero-order valence-corrected chi connectivity index (χ0v) is 16.4. The highest BCUT2D eigenvalue weighted by atomic mass is 32.1. The highest BCUT2D eigenvalue weighted by Gasteiger charge is 2.23. The lowest BCUT2D eigenvalue weighted by molar-refractivity contribution is 0.0467. The van der Waals surface area contributed by atoms with Gasteiger partial charge in [-0.25, -0.2) is 4.99 Å². The van der Waals surface area contributed by atoms with E-state index in [4.69, 9.17) is 4.74 Å². The molecule has 6 heteroatoms. The first-order valence-corrected chi connectivity index (χ1v) is 10.4. The van der Waals surface area contributed by atoms with Crippen molar-refractivity contribution in [3.8, 4) is 0 Å². The van der Waals surface area contributed by atoms with Crippen molar-refractivity contribution < 1.29 is 9.84 Å². The molecule has 0 aromatic carbocycles. The van der Waals surface area contributed by atoms with Gasteiger partial charge in [0, 0.05) is 13.1 Å². The average Bonchev–Trinajstić information content (AvgIpc) is 3.03. The van der Waals surface area contributed by atoms with E-state index in [9.17, 15) is 5.11 Å². The van der Waals surface area contributed by atoms with E-state index in [2.05, 4.69) is 15.6 Å². The van der Waals surface area contributed by atoms with E-state index in [1.165, 1.54) is 38.5 Å². The lowest BCUT2D eigenvalue weighted by Crippen LogP contribution is -2.40. The summed E-state index contributed by atoms with van der Waals surface area (Å²) in [7, 11) is 0. The van der Waals surface area contributed by atoms with Crippen molar-refractivity contribution in [1.29, 1.82) is 0 Å². The largest absolute Gasteiger partial charge is 0.383 e. The molecule has 1 aliphatic carbocycles. The second kappa shape index (κ2) is 10.8. The Bertz CT molecular complexity index is 495. The monoisotopic (exact) mass is 367 g/mol. The molecule has 1 fully saturated rings. The van der Waals surface area contributed by atoms with Crippen LogP contribution >= 0.6 is 11.3 Å². The van der Waals surface area contributed by atoms with E-state index in [0.717, 1.165) is 24.6 Å². The summed E-state index contributed by atoms with van der Waals surface area (Å²) in [6, 6.07) is 1.95. The second-order valence-corrected chi connectivity index (χ2v) is 7.67. The summed E-state index contributed by atoms with van der Waals surface area (Å²) in [6.07, 6.45) is 8.08. The number of ether oxygens (including phenoxy) is 1. The van der Waals surface area contributed by atoms with Crippen molar-refractivity contribution in [2.24, 2.45) is 4.99 Å². The van der Waals surface area contributed by atoms with Gasteiger partial charge in [0.2, 0.25) is 0 Å². The molecule has 0 amide bonds. The van der Waals surface area contributed by atoms with E-state index in [1.54, 1.807) is 18.3 Å². The van der Waals surface area contributed by atoms with Gasteiger partial charge >= 0.3 is 0 Å². The van der Waals surface area contributed by atoms with Gasteiger partial charge in [-0.1, -0.05) is 25.7 Å². The van der Waals surface area contributed by atoms with Gasteiger partial charge in [0.25, 0.3) is 0 Å². The molecule has 0 bridgehead atoms. The van der Waals surface area contributed by atoms with Crippen LogP contribution in [0.4, 0.5) is 0 Å². The van der Waals surface area contributed by atoms with Gasteiger partial charge in [0.1, 0.15) is 5.60 Å². The molecule has 5 nitrogen and oxygen atoms in total. The maximum absolute atomic E-state index is 10.6. The van der Waals surface area contributed by atoms with Gasteiger partial charge in [-0.3, -0.25) is 0 Å². The highest BCUT2D eigenvalue weighted by Crippen LogP contribution is 2.23. The van der Waals surface area contributed by atoms with Crippen LogP contribution in [0.2, 0.25) is 0 Å². The highest BCUT2D eigenvalue weighted by molar-refractivity contribution is 7.08. The van der Waals surface area contributed by atoms with Gasteiger partial charge in [-0.15, -0.1) is 0 Å². The lowest BCUT2D eigenvalue weighted by atomic mass is 10.00. The van der Waals surface area contributed by atoms with Crippen molar-refractivity contribution >= 4 is 17.3 Å². The van der Waals surface area contributed by atoms with Crippen molar-refractivity contribution in [2.45, 2.75) is 64.1 Å². The molecule has 0 saturated heterocycles. The first-order chi connectivity index (χ1) is 12.1. The van der Waals surface area contributed by atoms with Crippen LogP contribution in [-0.4, -0.2) is 43.4 Å². The molecule has 1 aromatic heterocycles. The Morgan fingerprint density at radius 3 is 2.72 bits per heavy atom. The number of hydrogen-bond acceptors (Lipinski definition) is 4. The minimum Gasteiger partial charge on any atom is -0.383 e. The lowest BCUT2D eigenvalue weighted by Gasteiger charge is -2.21. The Morgan fingerprint density at radius 1 is 1.32 bits per heavy atom. The normalized spacial score (nSPS) is 19.2. The van der Waals surface area contributed by atoms with Gasteiger partial charge in [0.05, 0.1) is 19.3 Å². The minimum atomic E-state index is -0.945. The van der Waals surface area contributed by atoms with Crippen molar-refractivity contribution in [1.82, 2.24) is 10.6 Å². The van der Waals surface area contributed by atoms with Crippen LogP contribution in [0.25, 0.3) is 0 Å². The molecule has 2 rings (SSSR count). The maximum Gasteiger partial charge on any atom is 0.191 e. The molecule has 25 heavy (non-hydrogen) atoms. The fraction of sp³-hybridized carbons (Fsp3) is 0.737. The topological polar surface area (TPSA) is 65.9 Å². The zero-order valence-electron chi connectivity index (χ0n) is 15.6. The Hall–Kier alpha value is -1.11. The van der Waals surface area contributed by atoms with Crippen LogP contribution in [0.5, 0.6) is 0 Å². The summed E-state index contributed by atoms with van der Waals surface area (Å²) in [5.41, 5.74) is -0.0343. The Labute approximate surface area is 155 Å². The van der Waals surface area contributed by atoms with Gasteiger partial charge in [0.15, 0.2) is 5.96 Å². The average molecular weight is 368 g/mol. The van der Waals surface area contributed by atoms with Crippen LogP contribution in [0.1, 0.15) is 57.9 Å². The smallest absolute Gasteiger partial charge is 0.191 e. The van der Waals surface area contributed by atoms with Crippen molar-refractivity contribution in [2.75, 3.05) is 26.2 Å². The fourth-order valence-electron chi connectivity index (χ4n) is 3.04.